The molecule has 0 aliphatic heterocycles. The first-order valence-corrected chi connectivity index (χ1v) is 6.48. The smallest absolute Gasteiger partial charge is 0.100 e. The van der Waals surface area contributed by atoms with Crippen LogP contribution in [-0.2, 0) is 5.88 Å². The van der Waals surface area contributed by atoms with Gasteiger partial charge in [0.25, 0.3) is 0 Å². The molecule has 0 spiro atoms. The number of fused-ring (bicyclic) bond motifs is 1. The average Bonchev–Trinajstić information content (AvgIpc) is 2.82. The monoisotopic (exact) mass is 276 g/mol. The predicted octanol–water partition coefficient (Wildman–Crippen LogP) is 4.42. The summed E-state index contributed by atoms with van der Waals surface area (Å²) < 4.78 is 1.98. The Kier molecular flexibility index (Phi) is 2.98. The van der Waals surface area contributed by atoms with E-state index < -0.39 is 0 Å². The number of benzene rings is 2. The van der Waals surface area contributed by atoms with Crippen LogP contribution in [-0.4, -0.2) is 9.55 Å². The van der Waals surface area contributed by atoms with E-state index in [-0.39, 0.29) is 0 Å². The maximum atomic E-state index is 6.29. The molecule has 3 aromatic rings. The van der Waals surface area contributed by atoms with E-state index in [2.05, 4.69) is 4.98 Å². The first kappa shape index (κ1) is 11.6. The van der Waals surface area contributed by atoms with Gasteiger partial charge < -0.3 is 0 Å². The molecule has 18 heavy (non-hydrogen) atoms. The van der Waals surface area contributed by atoms with Gasteiger partial charge in [0.2, 0.25) is 0 Å². The number of nitrogens with zero attached hydrogens (tertiary/aromatic N) is 2. The van der Waals surface area contributed by atoms with Gasteiger partial charge in [0.1, 0.15) is 6.33 Å². The Balaban J connectivity index is 2.33. The normalized spacial score (nSPS) is 11.0. The summed E-state index contributed by atoms with van der Waals surface area (Å²) in [6, 6.07) is 13.7. The van der Waals surface area contributed by atoms with Crippen LogP contribution in [0.3, 0.4) is 0 Å². The van der Waals surface area contributed by atoms with Gasteiger partial charge in [-0.15, -0.1) is 11.6 Å². The number of aromatic nitrogens is 2. The molecule has 1 heterocycles. The summed E-state index contributed by atoms with van der Waals surface area (Å²) >= 11 is 12.3. The molecule has 0 aliphatic carbocycles. The van der Waals surface area contributed by atoms with E-state index in [1.165, 1.54) is 0 Å². The van der Waals surface area contributed by atoms with Crippen LogP contribution in [0.4, 0.5) is 0 Å². The molecule has 0 bridgehead atoms. The highest BCUT2D eigenvalue weighted by Gasteiger charge is 2.11. The fraction of sp³-hybridized carbons (Fsp3) is 0.0714. The number of hydrogen-bond donors (Lipinski definition) is 0. The zero-order valence-electron chi connectivity index (χ0n) is 9.48. The molecule has 0 fully saturated rings. The zero-order chi connectivity index (χ0) is 12.5. The highest BCUT2D eigenvalue weighted by atomic mass is 35.5. The van der Waals surface area contributed by atoms with Crippen molar-refractivity contribution in [2.24, 2.45) is 0 Å². The molecule has 0 unspecified atom stereocenters. The molecular formula is C14H10Cl2N2. The first-order chi connectivity index (χ1) is 8.81. The molecule has 0 N–H and O–H groups in total. The van der Waals surface area contributed by atoms with Gasteiger partial charge in [-0.2, -0.15) is 0 Å². The van der Waals surface area contributed by atoms with Crippen LogP contribution in [0.5, 0.6) is 0 Å². The minimum Gasteiger partial charge on any atom is -0.297 e. The van der Waals surface area contributed by atoms with E-state index in [9.17, 15) is 0 Å². The topological polar surface area (TPSA) is 17.8 Å². The van der Waals surface area contributed by atoms with Crippen molar-refractivity contribution < 1.29 is 0 Å². The molecular weight excluding hydrogens is 267 g/mol. The van der Waals surface area contributed by atoms with Crippen LogP contribution < -0.4 is 0 Å². The number of halogens is 2. The van der Waals surface area contributed by atoms with E-state index in [1.807, 2.05) is 47.0 Å². The van der Waals surface area contributed by atoms with E-state index in [1.54, 1.807) is 6.33 Å². The minimum absolute atomic E-state index is 0.419. The molecule has 2 nitrogen and oxygen atoms in total. The van der Waals surface area contributed by atoms with Crippen LogP contribution in [0.2, 0.25) is 5.02 Å². The van der Waals surface area contributed by atoms with E-state index >= 15 is 0 Å². The molecule has 0 radical (unpaired) electrons. The largest absolute Gasteiger partial charge is 0.297 e. The second kappa shape index (κ2) is 4.63. The Hall–Kier alpha value is -1.51. The molecule has 2 aromatic carbocycles. The SMILES string of the molecule is ClCc1cccc(Cl)c1-n1cnc2ccccc21. The third-order valence-electron chi connectivity index (χ3n) is 2.91. The zero-order valence-corrected chi connectivity index (χ0v) is 11.0. The standard InChI is InChI=1S/C14H10Cl2N2/c15-8-10-4-3-5-11(16)14(10)18-9-17-12-6-1-2-7-13(12)18/h1-7,9H,8H2. The highest BCUT2D eigenvalue weighted by molar-refractivity contribution is 6.32. The van der Waals surface area contributed by atoms with Crippen molar-refractivity contribution in [3.8, 4) is 5.69 Å². The number of hydrogen-bond acceptors (Lipinski definition) is 1. The Labute approximate surface area is 115 Å². The lowest BCUT2D eigenvalue weighted by molar-refractivity contribution is 1.07. The van der Waals surface area contributed by atoms with Crippen molar-refractivity contribution in [2.75, 3.05) is 0 Å². The Morgan fingerprint density at radius 1 is 1.06 bits per heavy atom. The quantitative estimate of drug-likeness (QED) is 0.634. The van der Waals surface area contributed by atoms with Gasteiger partial charge in [0, 0.05) is 5.88 Å². The van der Waals surface area contributed by atoms with Gasteiger partial charge >= 0.3 is 0 Å². The minimum atomic E-state index is 0.419. The maximum Gasteiger partial charge on any atom is 0.100 e. The van der Waals surface area contributed by atoms with Gasteiger partial charge in [-0.25, -0.2) is 4.98 Å². The van der Waals surface area contributed by atoms with E-state index in [0.29, 0.717) is 10.9 Å². The third-order valence-corrected chi connectivity index (χ3v) is 3.50. The number of imidazole rings is 1. The number of rotatable bonds is 2. The number of para-hydroxylation sites is 3. The van der Waals surface area contributed by atoms with Crippen LogP contribution in [0.1, 0.15) is 5.56 Å². The fourth-order valence-electron chi connectivity index (χ4n) is 2.07. The van der Waals surface area contributed by atoms with Gasteiger partial charge in [0.15, 0.2) is 0 Å². The van der Waals surface area contributed by atoms with Crippen molar-refractivity contribution in [2.45, 2.75) is 5.88 Å². The lowest BCUT2D eigenvalue weighted by Gasteiger charge is -2.11. The van der Waals surface area contributed by atoms with Crippen molar-refractivity contribution in [3.63, 3.8) is 0 Å². The molecule has 90 valence electrons. The van der Waals surface area contributed by atoms with Crippen molar-refractivity contribution in [1.29, 1.82) is 0 Å². The van der Waals surface area contributed by atoms with Crippen LogP contribution >= 0.6 is 23.2 Å². The lowest BCUT2D eigenvalue weighted by atomic mass is 10.2. The lowest BCUT2D eigenvalue weighted by Crippen LogP contribution is -1.98. The molecule has 0 aliphatic rings. The van der Waals surface area contributed by atoms with E-state index in [4.69, 9.17) is 23.2 Å². The summed E-state index contributed by atoms with van der Waals surface area (Å²) in [4.78, 5) is 4.37. The molecule has 0 atom stereocenters. The molecule has 1 aromatic heterocycles. The second-order valence-electron chi connectivity index (χ2n) is 3.98. The molecule has 3 rings (SSSR count). The van der Waals surface area contributed by atoms with Gasteiger partial charge in [-0.05, 0) is 23.8 Å². The Bertz CT molecular complexity index is 704. The second-order valence-corrected chi connectivity index (χ2v) is 4.66. The predicted molar refractivity (Wildman–Crippen MR) is 75.6 cm³/mol. The summed E-state index contributed by atoms with van der Waals surface area (Å²) in [5.41, 5.74) is 3.87. The van der Waals surface area contributed by atoms with Crippen LogP contribution in [0.25, 0.3) is 16.7 Å². The van der Waals surface area contributed by atoms with Crippen LogP contribution in [0.15, 0.2) is 48.8 Å². The molecule has 0 amide bonds. The molecule has 4 heteroatoms. The summed E-state index contributed by atoms with van der Waals surface area (Å²) in [6.45, 7) is 0. The Morgan fingerprint density at radius 3 is 2.72 bits per heavy atom. The van der Waals surface area contributed by atoms with Gasteiger partial charge in [0.05, 0.1) is 21.7 Å². The summed E-state index contributed by atoms with van der Waals surface area (Å²) in [5.74, 6) is 0.419. The van der Waals surface area contributed by atoms with E-state index in [0.717, 1.165) is 22.3 Å². The molecule has 0 saturated heterocycles. The van der Waals surface area contributed by atoms with Crippen molar-refractivity contribution in [3.05, 3.63) is 59.4 Å². The third kappa shape index (κ3) is 1.78. The van der Waals surface area contributed by atoms with Gasteiger partial charge in [-0.3, -0.25) is 4.57 Å². The van der Waals surface area contributed by atoms with Crippen molar-refractivity contribution >= 4 is 34.2 Å². The Morgan fingerprint density at radius 2 is 1.89 bits per heavy atom. The highest BCUT2D eigenvalue weighted by Crippen LogP contribution is 2.28. The first-order valence-electron chi connectivity index (χ1n) is 5.57. The summed E-state index contributed by atoms with van der Waals surface area (Å²) in [7, 11) is 0. The number of alkyl halides is 1. The summed E-state index contributed by atoms with van der Waals surface area (Å²) in [5, 5.41) is 0.677. The average molecular weight is 277 g/mol. The van der Waals surface area contributed by atoms with Gasteiger partial charge in [-0.1, -0.05) is 35.9 Å². The fourth-order valence-corrected chi connectivity index (χ4v) is 2.58. The summed E-state index contributed by atoms with van der Waals surface area (Å²) in [6.07, 6.45) is 1.78. The van der Waals surface area contributed by atoms with Crippen molar-refractivity contribution in [1.82, 2.24) is 9.55 Å². The molecule has 0 saturated carbocycles. The maximum absolute atomic E-state index is 6.29. The van der Waals surface area contributed by atoms with Crippen LogP contribution in [0, 0.1) is 0 Å².